The first-order valence-corrected chi connectivity index (χ1v) is 11.0. The lowest BCUT2D eigenvalue weighted by molar-refractivity contribution is 0.0949. The number of halogens is 1. The standard InChI is InChI=1S/C25H24ClN3O4/c1-29-15-21(24(32)28-13-16-7-9-18(26)10-8-16)23(31)20-12-19(33-25(20)29)5-2-6-22(30)17-4-3-11-27-14-17/h3-4,7-12,14-15,22,30H,2,5-6,13H2,1H3,(H,28,32). The summed E-state index contributed by atoms with van der Waals surface area (Å²) in [6, 6.07) is 12.4. The number of furan rings is 1. The van der Waals surface area contributed by atoms with Crippen molar-refractivity contribution in [2.24, 2.45) is 7.05 Å². The summed E-state index contributed by atoms with van der Waals surface area (Å²) in [6.07, 6.45) is 5.96. The number of hydrogen-bond donors (Lipinski definition) is 2. The first kappa shape index (κ1) is 22.8. The lowest BCUT2D eigenvalue weighted by Gasteiger charge is -2.09. The first-order chi connectivity index (χ1) is 15.9. The fraction of sp³-hybridized carbons (Fsp3) is 0.240. The molecule has 8 heteroatoms. The van der Waals surface area contributed by atoms with Gasteiger partial charge in [-0.1, -0.05) is 29.8 Å². The van der Waals surface area contributed by atoms with Crippen molar-refractivity contribution < 1.29 is 14.3 Å². The lowest BCUT2D eigenvalue weighted by Crippen LogP contribution is -2.29. The van der Waals surface area contributed by atoms with Gasteiger partial charge >= 0.3 is 0 Å². The zero-order valence-electron chi connectivity index (χ0n) is 18.1. The summed E-state index contributed by atoms with van der Waals surface area (Å²) in [7, 11) is 1.73. The Morgan fingerprint density at radius 3 is 2.79 bits per heavy atom. The van der Waals surface area contributed by atoms with E-state index in [-0.39, 0.29) is 17.5 Å². The van der Waals surface area contributed by atoms with Crippen molar-refractivity contribution in [3.63, 3.8) is 0 Å². The summed E-state index contributed by atoms with van der Waals surface area (Å²) in [4.78, 5) is 29.7. The van der Waals surface area contributed by atoms with Crippen molar-refractivity contribution in [3.05, 3.63) is 98.8 Å². The molecule has 0 saturated carbocycles. The molecule has 0 saturated heterocycles. The Balaban J connectivity index is 1.44. The van der Waals surface area contributed by atoms with Gasteiger partial charge in [0, 0.05) is 43.6 Å². The SMILES string of the molecule is Cn1cc(C(=O)NCc2ccc(Cl)cc2)c(=O)c2cc(CCCC(O)c3cccnc3)oc21. The van der Waals surface area contributed by atoms with Crippen molar-refractivity contribution in [2.45, 2.75) is 31.9 Å². The van der Waals surface area contributed by atoms with Gasteiger partial charge in [0.15, 0.2) is 0 Å². The van der Waals surface area contributed by atoms with Crippen molar-refractivity contribution in [1.29, 1.82) is 0 Å². The van der Waals surface area contributed by atoms with Gasteiger partial charge in [-0.25, -0.2) is 0 Å². The predicted octanol–water partition coefficient (Wildman–Crippen LogP) is 4.17. The molecule has 0 spiro atoms. The van der Waals surface area contributed by atoms with E-state index in [1.54, 1.807) is 48.3 Å². The number of fused-ring (bicyclic) bond motifs is 1. The molecule has 33 heavy (non-hydrogen) atoms. The van der Waals surface area contributed by atoms with Crippen LogP contribution in [-0.2, 0) is 20.0 Å². The summed E-state index contributed by atoms with van der Waals surface area (Å²) in [5, 5.41) is 14.1. The van der Waals surface area contributed by atoms with E-state index in [0.717, 1.165) is 11.1 Å². The summed E-state index contributed by atoms with van der Waals surface area (Å²) in [6.45, 7) is 0.285. The normalized spacial score (nSPS) is 12.1. The van der Waals surface area contributed by atoms with Crippen LogP contribution in [0.2, 0.25) is 5.02 Å². The zero-order chi connectivity index (χ0) is 23.4. The van der Waals surface area contributed by atoms with E-state index in [9.17, 15) is 14.7 Å². The molecular weight excluding hydrogens is 442 g/mol. The van der Waals surface area contributed by atoms with Crippen LogP contribution in [0.1, 0.15) is 46.2 Å². The number of hydrogen-bond acceptors (Lipinski definition) is 5. The summed E-state index contributed by atoms with van der Waals surface area (Å²) in [5.74, 6) is 0.185. The molecule has 7 nitrogen and oxygen atoms in total. The fourth-order valence-electron chi connectivity index (χ4n) is 3.69. The van der Waals surface area contributed by atoms with E-state index in [4.69, 9.17) is 16.0 Å². The fourth-order valence-corrected chi connectivity index (χ4v) is 3.81. The third-order valence-corrected chi connectivity index (χ3v) is 5.73. The minimum Gasteiger partial charge on any atom is -0.444 e. The number of carbonyl (C=O) groups excluding carboxylic acids is 1. The maximum absolute atomic E-state index is 13.0. The van der Waals surface area contributed by atoms with E-state index in [2.05, 4.69) is 10.3 Å². The lowest BCUT2D eigenvalue weighted by atomic mass is 10.0. The third kappa shape index (κ3) is 5.32. The van der Waals surface area contributed by atoms with E-state index in [1.165, 1.54) is 6.20 Å². The van der Waals surface area contributed by atoms with Gasteiger partial charge < -0.3 is 19.4 Å². The van der Waals surface area contributed by atoms with Gasteiger partial charge in [0.2, 0.25) is 11.1 Å². The molecule has 0 bridgehead atoms. The van der Waals surface area contributed by atoms with Gasteiger partial charge in [-0.15, -0.1) is 0 Å². The summed E-state index contributed by atoms with van der Waals surface area (Å²) < 4.78 is 7.51. The zero-order valence-corrected chi connectivity index (χ0v) is 18.9. The molecule has 1 atom stereocenters. The number of aliphatic hydroxyl groups excluding tert-OH is 1. The molecule has 170 valence electrons. The highest BCUT2D eigenvalue weighted by molar-refractivity contribution is 6.30. The highest BCUT2D eigenvalue weighted by atomic mass is 35.5. The van der Waals surface area contributed by atoms with Gasteiger partial charge in [0.1, 0.15) is 11.3 Å². The van der Waals surface area contributed by atoms with Crippen LogP contribution >= 0.6 is 11.6 Å². The van der Waals surface area contributed by atoms with E-state index in [0.29, 0.717) is 41.1 Å². The molecule has 3 heterocycles. The molecule has 4 aromatic rings. The van der Waals surface area contributed by atoms with Gasteiger partial charge in [-0.2, -0.15) is 0 Å². The van der Waals surface area contributed by atoms with E-state index in [1.807, 2.05) is 18.2 Å². The van der Waals surface area contributed by atoms with Gasteiger partial charge in [-0.3, -0.25) is 14.6 Å². The van der Waals surface area contributed by atoms with E-state index >= 15 is 0 Å². The minimum atomic E-state index is -0.606. The number of aryl methyl sites for hydroxylation is 2. The van der Waals surface area contributed by atoms with Crippen molar-refractivity contribution in [2.75, 3.05) is 0 Å². The van der Waals surface area contributed by atoms with Gasteiger partial charge in [0.05, 0.1) is 11.5 Å². The molecular formula is C25H24ClN3O4. The van der Waals surface area contributed by atoms with Crippen LogP contribution in [0.15, 0.2) is 70.3 Å². The Morgan fingerprint density at radius 2 is 2.06 bits per heavy atom. The highest BCUT2D eigenvalue weighted by Gasteiger charge is 2.18. The Kier molecular flexibility index (Phi) is 6.91. The van der Waals surface area contributed by atoms with Crippen molar-refractivity contribution in [1.82, 2.24) is 14.9 Å². The molecule has 0 aliphatic heterocycles. The predicted molar refractivity (Wildman–Crippen MR) is 126 cm³/mol. The molecule has 1 unspecified atom stereocenters. The molecule has 1 aromatic carbocycles. The minimum absolute atomic E-state index is 0.0540. The Labute approximate surface area is 195 Å². The smallest absolute Gasteiger partial charge is 0.257 e. The number of aromatic nitrogens is 2. The van der Waals surface area contributed by atoms with Gasteiger partial charge in [-0.05, 0) is 48.2 Å². The summed E-state index contributed by atoms with van der Waals surface area (Å²) >= 11 is 5.89. The number of aliphatic hydroxyl groups is 1. The molecule has 4 rings (SSSR count). The second-order valence-corrected chi connectivity index (χ2v) is 8.35. The molecule has 0 aliphatic rings. The van der Waals surface area contributed by atoms with Gasteiger partial charge in [0.25, 0.3) is 5.91 Å². The second-order valence-electron chi connectivity index (χ2n) is 7.92. The average Bonchev–Trinajstić information content (AvgIpc) is 3.26. The van der Waals surface area contributed by atoms with Crippen LogP contribution in [0.3, 0.4) is 0 Å². The number of nitrogens with zero attached hydrogens (tertiary/aromatic N) is 2. The van der Waals surface area contributed by atoms with Crippen molar-refractivity contribution in [3.8, 4) is 0 Å². The molecule has 3 aromatic heterocycles. The molecule has 0 fully saturated rings. The average molecular weight is 466 g/mol. The monoisotopic (exact) mass is 465 g/mol. The molecule has 0 aliphatic carbocycles. The number of benzene rings is 1. The highest BCUT2D eigenvalue weighted by Crippen LogP contribution is 2.22. The maximum atomic E-state index is 13.0. The van der Waals surface area contributed by atoms with Crippen LogP contribution in [0.5, 0.6) is 0 Å². The summed E-state index contributed by atoms with van der Waals surface area (Å²) in [5.41, 5.74) is 1.74. The third-order valence-electron chi connectivity index (χ3n) is 5.48. The number of nitrogens with one attached hydrogen (secondary N) is 1. The maximum Gasteiger partial charge on any atom is 0.257 e. The van der Waals surface area contributed by atoms with E-state index < -0.39 is 12.0 Å². The van der Waals surface area contributed by atoms with Crippen LogP contribution < -0.4 is 10.7 Å². The van der Waals surface area contributed by atoms with Crippen LogP contribution in [-0.4, -0.2) is 20.6 Å². The number of rotatable bonds is 8. The first-order valence-electron chi connectivity index (χ1n) is 10.6. The number of carbonyl (C=O) groups is 1. The Morgan fingerprint density at radius 1 is 1.27 bits per heavy atom. The molecule has 2 N–H and O–H groups in total. The number of pyridine rings is 2. The van der Waals surface area contributed by atoms with Crippen LogP contribution in [0, 0.1) is 0 Å². The second kappa shape index (κ2) is 10.0. The number of amides is 1. The largest absolute Gasteiger partial charge is 0.444 e. The molecule has 1 amide bonds. The van der Waals surface area contributed by atoms with Crippen LogP contribution in [0.25, 0.3) is 11.1 Å². The Bertz CT molecular complexity index is 1310. The Hall–Kier alpha value is -3.42. The van der Waals surface area contributed by atoms with Crippen LogP contribution in [0.4, 0.5) is 0 Å². The van der Waals surface area contributed by atoms with Crippen molar-refractivity contribution >= 4 is 28.6 Å². The molecule has 0 radical (unpaired) electrons. The topological polar surface area (TPSA) is 97.4 Å². The quantitative estimate of drug-likeness (QED) is 0.407.